The van der Waals surface area contributed by atoms with E-state index >= 15 is 0 Å². The number of aromatic nitrogens is 3. The Morgan fingerprint density at radius 1 is 1.06 bits per heavy atom. The fraction of sp³-hybridized carbons (Fsp3) is 0. The van der Waals surface area contributed by atoms with Gasteiger partial charge in [-0.15, -0.1) is 0 Å². The lowest BCUT2D eigenvalue weighted by atomic mass is 10.3. The predicted octanol–water partition coefficient (Wildman–Crippen LogP) is 3.58. The van der Waals surface area contributed by atoms with Crippen LogP contribution in [0.2, 0.25) is 10.6 Å². The van der Waals surface area contributed by atoms with Gasteiger partial charge >= 0.3 is 6.01 Å². The quantitative estimate of drug-likeness (QED) is 0.761. The molecule has 2 aromatic rings. The molecule has 0 amide bonds. The van der Waals surface area contributed by atoms with Gasteiger partial charge in [0.25, 0.3) is 0 Å². The van der Waals surface area contributed by atoms with Gasteiger partial charge in [0, 0.05) is 3.57 Å². The minimum absolute atomic E-state index is 0.000582. The molecule has 1 aromatic carbocycles. The van der Waals surface area contributed by atoms with Crippen molar-refractivity contribution < 1.29 is 4.74 Å². The first kappa shape index (κ1) is 11.8. The Balaban J connectivity index is 2.27. The summed E-state index contributed by atoms with van der Waals surface area (Å²) in [5, 5.41) is 0.00116. The van der Waals surface area contributed by atoms with Crippen molar-refractivity contribution in [3.63, 3.8) is 0 Å². The van der Waals surface area contributed by atoms with Gasteiger partial charge in [0.1, 0.15) is 5.75 Å². The molecule has 0 N–H and O–H groups in total. The molecule has 7 heteroatoms. The monoisotopic (exact) mass is 367 g/mol. The van der Waals surface area contributed by atoms with Crippen LogP contribution in [0.3, 0.4) is 0 Å². The zero-order chi connectivity index (χ0) is 11.5. The lowest BCUT2D eigenvalue weighted by Gasteiger charge is -2.03. The highest BCUT2D eigenvalue weighted by atomic mass is 127. The minimum Gasteiger partial charge on any atom is -0.424 e. The largest absolute Gasteiger partial charge is 0.424 e. The van der Waals surface area contributed by atoms with Crippen LogP contribution in [0.1, 0.15) is 0 Å². The summed E-state index contributed by atoms with van der Waals surface area (Å²) in [5.41, 5.74) is 0. The number of hydrogen-bond acceptors (Lipinski definition) is 4. The zero-order valence-electron chi connectivity index (χ0n) is 7.69. The van der Waals surface area contributed by atoms with Crippen LogP contribution in [0.25, 0.3) is 0 Å². The van der Waals surface area contributed by atoms with Gasteiger partial charge in [0.05, 0.1) is 0 Å². The minimum atomic E-state index is 0.000582. The molecule has 2 rings (SSSR count). The Kier molecular flexibility index (Phi) is 3.78. The van der Waals surface area contributed by atoms with Crippen molar-refractivity contribution in [3.05, 3.63) is 38.4 Å². The van der Waals surface area contributed by atoms with Crippen molar-refractivity contribution >= 4 is 45.8 Å². The highest BCUT2D eigenvalue weighted by molar-refractivity contribution is 14.1. The third-order valence-corrected chi connectivity index (χ3v) is 2.57. The van der Waals surface area contributed by atoms with Gasteiger partial charge < -0.3 is 4.74 Å². The van der Waals surface area contributed by atoms with E-state index in [4.69, 9.17) is 27.9 Å². The third kappa shape index (κ3) is 3.16. The summed E-state index contributed by atoms with van der Waals surface area (Å²) >= 11 is 13.4. The Labute approximate surface area is 115 Å². The lowest BCUT2D eigenvalue weighted by molar-refractivity contribution is 0.439. The first-order valence-electron chi connectivity index (χ1n) is 4.14. The molecular weight excluding hydrogens is 364 g/mol. The van der Waals surface area contributed by atoms with E-state index < -0.39 is 0 Å². The highest BCUT2D eigenvalue weighted by Gasteiger charge is 2.05. The molecule has 0 radical (unpaired) electrons. The van der Waals surface area contributed by atoms with Crippen molar-refractivity contribution in [2.75, 3.05) is 0 Å². The molecule has 4 nitrogen and oxygen atoms in total. The second kappa shape index (κ2) is 5.11. The second-order valence-corrected chi connectivity index (χ2v) is 4.64. The van der Waals surface area contributed by atoms with E-state index in [0.29, 0.717) is 5.75 Å². The van der Waals surface area contributed by atoms with Crippen molar-refractivity contribution in [2.45, 2.75) is 0 Å². The fourth-order valence-corrected chi connectivity index (χ4v) is 1.85. The molecule has 0 atom stereocenters. The molecule has 16 heavy (non-hydrogen) atoms. The maximum absolute atomic E-state index is 5.62. The predicted molar refractivity (Wildman–Crippen MR) is 69.1 cm³/mol. The Morgan fingerprint density at radius 3 is 2.38 bits per heavy atom. The van der Waals surface area contributed by atoms with Crippen LogP contribution < -0.4 is 4.74 Å². The molecule has 0 fully saturated rings. The number of halogens is 3. The van der Waals surface area contributed by atoms with Crippen LogP contribution in [-0.4, -0.2) is 15.0 Å². The summed E-state index contributed by atoms with van der Waals surface area (Å²) in [7, 11) is 0. The van der Waals surface area contributed by atoms with Gasteiger partial charge in [-0.05, 0) is 64.0 Å². The zero-order valence-corrected chi connectivity index (χ0v) is 11.4. The smallest absolute Gasteiger partial charge is 0.327 e. The summed E-state index contributed by atoms with van der Waals surface area (Å²) < 4.78 is 6.43. The summed E-state index contributed by atoms with van der Waals surface area (Å²) in [4.78, 5) is 11.2. The topological polar surface area (TPSA) is 47.9 Å². The molecule has 0 bridgehead atoms. The SMILES string of the molecule is Clc1nc(Cl)nc(Oc2cccc(I)c2)n1. The van der Waals surface area contributed by atoms with Crippen LogP contribution in [0.5, 0.6) is 11.8 Å². The maximum Gasteiger partial charge on any atom is 0.327 e. The Bertz CT molecular complexity index is 504. The molecule has 0 saturated heterocycles. The summed E-state index contributed by atoms with van der Waals surface area (Å²) in [6.07, 6.45) is 0. The van der Waals surface area contributed by atoms with E-state index in [2.05, 4.69) is 37.5 Å². The van der Waals surface area contributed by atoms with E-state index in [1.165, 1.54) is 0 Å². The van der Waals surface area contributed by atoms with Crippen molar-refractivity contribution in [2.24, 2.45) is 0 Å². The molecule has 0 aliphatic carbocycles. The van der Waals surface area contributed by atoms with Crippen molar-refractivity contribution in [1.82, 2.24) is 15.0 Å². The van der Waals surface area contributed by atoms with Crippen LogP contribution in [-0.2, 0) is 0 Å². The van der Waals surface area contributed by atoms with E-state index in [-0.39, 0.29) is 16.6 Å². The van der Waals surface area contributed by atoms with Crippen molar-refractivity contribution in [3.8, 4) is 11.8 Å². The van der Waals surface area contributed by atoms with E-state index in [0.717, 1.165) is 3.57 Å². The van der Waals surface area contributed by atoms with Crippen LogP contribution in [0, 0.1) is 3.57 Å². The summed E-state index contributed by atoms with van der Waals surface area (Å²) in [6.45, 7) is 0. The van der Waals surface area contributed by atoms with Gasteiger partial charge in [0.2, 0.25) is 10.6 Å². The van der Waals surface area contributed by atoms with Gasteiger partial charge in [-0.25, -0.2) is 0 Å². The highest BCUT2D eigenvalue weighted by Crippen LogP contribution is 2.21. The van der Waals surface area contributed by atoms with Gasteiger partial charge in [0.15, 0.2) is 0 Å². The molecule has 1 heterocycles. The molecule has 0 aliphatic heterocycles. The average molecular weight is 368 g/mol. The standard InChI is InChI=1S/C9H4Cl2IN3O/c10-7-13-8(11)15-9(14-7)16-6-3-1-2-5(12)4-6/h1-4H. The van der Waals surface area contributed by atoms with Crippen molar-refractivity contribution in [1.29, 1.82) is 0 Å². The molecular formula is C9H4Cl2IN3O. The van der Waals surface area contributed by atoms with Crippen LogP contribution in [0.15, 0.2) is 24.3 Å². The van der Waals surface area contributed by atoms with E-state index in [1.54, 1.807) is 6.07 Å². The van der Waals surface area contributed by atoms with E-state index in [1.807, 2.05) is 18.2 Å². The maximum atomic E-state index is 5.62. The second-order valence-electron chi connectivity index (χ2n) is 2.72. The Hall–Kier alpha value is -0.660. The lowest BCUT2D eigenvalue weighted by Crippen LogP contribution is -1.95. The number of ether oxygens (including phenoxy) is 1. The molecule has 0 aliphatic rings. The third-order valence-electron chi connectivity index (χ3n) is 1.57. The molecule has 82 valence electrons. The Morgan fingerprint density at radius 2 is 1.75 bits per heavy atom. The first-order valence-corrected chi connectivity index (χ1v) is 5.97. The summed E-state index contributed by atoms with van der Waals surface area (Å²) in [6, 6.07) is 7.51. The van der Waals surface area contributed by atoms with Crippen LogP contribution >= 0.6 is 45.8 Å². The first-order chi connectivity index (χ1) is 7.63. The molecule has 0 unspecified atom stereocenters. The summed E-state index contributed by atoms with van der Waals surface area (Å²) in [5.74, 6) is 0.616. The number of rotatable bonds is 2. The number of hydrogen-bond donors (Lipinski definition) is 0. The normalized spacial score (nSPS) is 10.2. The molecule has 1 aromatic heterocycles. The molecule has 0 spiro atoms. The molecule has 0 saturated carbocycles. The fourth-order valence-electron chi connectivity index (χ4n) is 0.991. The van der Waals surface area contributed by atoms with E-state index in [9.17, 15) is 0 Å². The number of nitrogens with zero attached hydrogens (tertiary/aromatic N) is 3. The average Bonchev–Trinajstić information content (AvgIpc) is 2.15. The number of benzene rings is 1. The van der Waals surface area contributed by atoms with Gasteiger partial charge in [-0.3, -0.25) is 0 Å². The van der Waals surface area contributed by atoms with Gasteiger partial charge in [-0.2, -0.15) is 15.0 Å². The van der Waals surface area contributed by atoms with Gasteiger partial charge in [-0.1, -0.05) is 6.07 Å². The van der Waals surface area contributed by atoms with Crippen LogP contribution in [0.4, 0.5) is 0 Å².